The summed E-state index contributed by atoms with van der Waals surface area (Å²) in [6.45, 7) is 0.549. The van der Waals surface area contributed by atoms with Crippen molar-refractivity contribution >= 4 is 17.8 Å². The van der Waals surface area contributed by atoms with Gasteiger partial charge in [0.1, 0.15) is 12.9 Å². The maximum Gasteiger partial charge on any atom is 0.254 e. The molecule has 7 heteroatoms. The van der Waals surface area contributed by atoms with Crippen LogP contribution in [0.3, 0.4) is 0 Å². The van der Waals surface area contributed by atoms with Crippen LogP contribution in [0.25, 0.3) is 0 Å². The number of hydrogen-bond donors (Lipinski definition) is 2. The summed E-state index contributed by atoms with van der Waals surface area (Å²) >= 11 is 0. The van der Waals surface area contributed by atoms with E-state index >= 15 is 0 Å². The number of nitrogens with one attached hydrogen (secondary N) is 2. The smallest absolute Gasteiger partial charge is 0.254 e. The SMILES string of the molecule is O=C(CN1CCc2ccccc2C1=O)Nc1ncn[nH]1. The zero-order valence-corrected chi connectivity index (χ0v) is 10.7. The Hall–Kier alpha value is -2.70. The second kappa shape index (κ2) is 5.12. The highest BCUT2D eigenvalue weighted by molar-refractivity contribution is 6.00. The molecule has 1 aromatic carbocycles. The number of H-pyrrole nitrogens is 1. The first-order valence-electron chi connectivity index (χ1n) is 6.26. The van der Waals surface area contributed by atoms with Crippen molar-refractivity contribution in [3.63, 3.8) is 0 Å². The Morgan fingerprint density at radius 3 is 3.05 bits per heavy atom. The van der Waals surface area contributed by atoms with Gasteiger partial charge in [0.2, 0.25) is 11.9 Å². The lowest BCUT2D eigenvalue weighted by Gasteiger charge is -2.27. The molecular weight excluding hydrogens is 258 g/mol. The number of amides is 2. The predicted octanol–water partition coefficient (Wildman–Crippen LogP) is 0.442. The van der Waals surface area contributed by atoms with E-state index in [9.17, 15) is 9.59 Å². The summed E-state index contributed by atoms with van der Waals surface area (Å²) in [5.74, 6) is -0.131. The molecule has 2 aromatic rings. The summed E-state index contributed by atoms with van der Waals surface area (Å²) in [7, 11) is 0. The molecule has 1 aliphatic rings. The molecule has 3 rings (SSSR count). The summed E-state index contributed by atoms with van der Waals surface area (Å²) < 4.78 is 0. The molecule has 1 aromatic heterocycles. The van der Waals surface area contributed by atoms with Crippen LogP contribution in [0.15, 0.2) is 30.6 Å². The lowest BCUT2D eigenvalue weighted by molar-refractivity contribution is -0.117. The molecule has 2 amide bonds. The van der Waals surface area contributed by atoms with E-state index in [0.29, 0.717) is 12.1 Å². The van der Waals surface area contributed by atoms with Crippen molar-refractivity contribution in [2.24, 2.45) is 0 Å². The number of nitrogens with zero attached hydrogens (tertiary/aromatic N) is 3. The van der Waals surface area contributed by atoms with E-state index in [1.165, 1.54) is 11.2 Å². The average molecular weight is 271 g/mol. The Morgan fingerprint density at radius 1 is 1.40 bits per heavy atom. The van der Waals surface area contributed by atoms with Crippen LogP contribution in [0, 0.1) is 0 Å². The van der Waals surface area contributed by atoms with Gasteiger partial charge in [0.15, 0.2) is 0 Å². The molecular formula is C13H13N5O2. The molecule has 102 valence electrons. The molecule has 7 nitrogen and oxygen atoms in total. The van der Waals surface area contributed by atoms with Gasteiger partial charge in [-0.15, -0.1) is 0 Å². The number of benzene rings is 1. The van der Waals surface area contributed by atoms with Crippen LogP contribution in [0.1, 0.15) is 15.9 Å². The summed E-state index contributed by atoms with van der Waals surface area (Å²) in [6.07, 6.45) is 2.06. The second-order valence-electron chi connectivity index (χ2n) is 4.52. The zero-order chi connectivity index (χ0) is 13.9. The Balaban J connectivity index is 1.67. The van der Waals surface area contributed by atoms with Crippen molar-refractivity contribution in [3.8, 4) is 0 Å². The van der Waals surface area contributed by atoms with Crippen LogP contribution >= 0.6 is 0 Å². The van der Waals surface area contributed by atoms with Gasteiger partial charge in [-0.3, -0.25) is 14.9 Å². The largest absolute Gasteiger partial charge is 0.329 e. The zero-order valence-electron chi connectivity index (χ0n) is 10.7. The first kappa shape index (κ1) is 12.3. The molecule has 1 aliphatic heterocycles. The van der Waals surface area contributed by atoms with Crippen molar-refractivity contribution in [1.82, 2.24) is 20.1 Å². The third-order valence-corrected chi connectivity index (χ3v) is 3.19. The maximum atomic E-state index is 12.3. The fourth-order valence-corrected chi connectivity index (χ4v) is 2.24. The molecule has 0 radical (unpaired) electrons. The highest BCUT2D eigenvalue weighted by Crippen LogP contribution is 2.18. The minimum absolute atomic E-state index is 0.00781. The van der Waals surface area contributed by atoms with Crippen molar-refractivity contribution in [2.75, 3.05) is 18.4 Å². The van der Waals surface area contributed by atoms with Gasteiger partial charge in [-0.25, -0.2) is 5.10 Å². The molecule has 0 fully saturated rings. The molecule has 0 spiro atoms. The van der Waals surface area contributed by atoms with Crippen LogP contribution in [-0.2, 0) is 11.2 Å². The van der Waals surface area contributed by atoms with Gasteiger partial charge in [-0.2, -0.15) is 10.1 Å². The summed E-state index contributed by atoms with van der Waals surface area (Å²) in [4.78, 5) is 29.4. The Labute approximate surface area is 115 Å². The summed E-state index contributed by atoms with van der Waals surface area (Å²) in [6, 6.07) is 7.48. The number of hydrogen-bond acceptors (Lipinski definition) is 4. The van der Waals surface area contributed by atoms with E-state index in [1.807, 2.05) is 18.2 Å². The number of aromatic nitrogens is 3. The number of rotatable bonds is 3. The molecule has 0 atom stereocenters. The number of anilines is 1. The fourth-order valence-electron chi connectivity index (χ4n) is 2.24. The van der Waals surface area contributed by atoms with E-state index in [2.05, 4.69) is 20.5 Å². The first-order valence-corrected chi connectivity index (χ1v) is 6.26. The van der Waals surface area contributed by atoms with Gasteiger partial charge in [0.05, 0.1) is 0 Å². The average Bonchev–Trinajstić information content (AvgIpc) is 2.95. The Bertz CT molecular complexity index is 638. The molecule has 0 saturated heterocycles. The quantitative estimate of drug-likeness (QED) is 0.847. The molecule has 0 bridgehead atoms. The summed E-state index contributed by atoms with van der Waals surface area (Å²) in [5, 5.41) is 8.72. The van der Waals surface area contributed by atoms with E-state index in [4.69, 9.17) is 0 Å². The van der Waals surface area contributed by atoms with Gasteiger partial charge >= 0.3 is 0 Å². The molecule has 0 saturated carbocycles. The van der Waals surface area contributed by atoms with Crippen LogP contribution in [-0.4, -0.2) is 45.0 Å². The van der Waals surface area contributed by atoms with Gasteiger partial charge in [-0.05, 0) is 18.1 Å². The highest BCUT2D eigenvalue weighted by atomic mass is 16.2. The number of carbonyl (C=O) groups is 2. The first-order chi connectivity index (χ1) is 9.74. The van der Waals surface area contributed by atoms with Crippen LogP contribution in [0.4, 0.5) is 5.95 Å². The topological polar surface area (TPSA) is 91.0 Å². The van der Waals surface area contributed by atoms with Gasteiger partial charge in [-0.1, -0.05) is 18.2 Å². The van der Waals surface area contributed by atoms with E-state index in [-0.39, 0.29) is 24.3 Å². The Kier molecular flexibility index (Phi) is 3.16. The molecule has 2 heterocycles. The number of fused-ring (bicyclic) bond motifs is 1. The highest BCUT2D eigenvalue weighted by Gasteiger charge is 2.25. The molecule has 0 unspecified atom stereocenters. The van der Waals surface area contributed by atoms with Crippen LogP contribution in [0.2, 0.25) is 0 Å². The van der Waals surface area contributed by atoms with E-state index in [1.54, 1.807) is 6.07 Å². The molecule has 0 aliphatic carbocycles. The lowest BCUT2D eigenvalue weighted by atomic mass is 9.99. The normalized spacial score (nSPS) is 14.0. The van der Waals surface area contributed by atoms with Crippen molar-refractivity contribution in [2.45, 2.75) is 6.42 Å². The van der Waals surface area contributed by atoms with Crippen LogP contribution in [0.5, 0.6) is 0 Å². The van der Waals surface area contributed by atoms with Crippen LogP contribution < -0.4 is 5.32 Å². The number of carbonyl (C=O) groups excluding carboxylic acids is 2. The predicted molar refractivity (Wildman–Crippen MR) is 71.1 cm³/mol. The molecule has 20 heavy (non-hydrogen) atoms. The second-order valence-corrected chi connectivity index (χ2v) is 4.52. The van der Waals surface area contributed by atoms with E-state index < -0.39 is 0 Å². The minimum Gasteiger partial charge on any atom is -0.329 e. The van der Waals surface area contributed by atoms with Crippen molar-refractivity contribution in [3.05, 3.63) is 41.7 Å². The van der Waals surface area contributed by atoms with Gasteiger partial charge < -0.3 is 4.90 Å². The van der Waals surface area contributed by atoms with Gasteiger partial charge in [0.25, 0.3) is 5.91 Å². The monoisotopic (exact) mass is 271 g/mol. The third kappa shape index (κ3) is 2.37. The minimum atomic E-state index is -0.297. The van der Waals surface area contributed by atoms with E-state index in [0.717, 1.165) is 12.0 Å². The van der Waals surface area contributed by atoms with Gasteiger partial charge in [0, 0.05) is 12.1 Å². The van der Waals surface area contributed by atoms with Crippen molar-refractivity contribution in [1.29, 1.82) is 0 Å². The summed E-state index contributed by atoms with van der Waals surface area (Å²) in [5.41, 5.74) is 1.70. The van der Waals surface area contributed by atoms with Crippen molar-refractivity contribution < 1.29 is 9.59 Å². The third-order valence-electron chi connectivity index (χ3n) is 3.19. The maximum absolute atomic E-state index is 12.3. The fraction of sp³-hybridized carbons (Fsp3) is 0.231. The lowest BCUT2D eigenvalue weighted by Crippen LogP contribution is -2.42. The number of aromatic amines is 1. The Morgan fingerprint density at radius 2 is 2.25 bits per heavy atom. The standard InChI is InChI=1S/C13H13N5O2/c19-11(16-13-14-8-15-17-13)7-18-6-5-9-3-1-2-4-10(9)12(18)20/h1-4,8H,5-7H2,(H2,14,15,16,17,19). The molecule has 2 N–H and O–H groups in total.